The maximum atomic E-state index is 10.6. The Hall–Kier alpha value is -0.650. The Morgan fingerprint density at radius 3 is 2.31 bits per heavy atom. The molecule has 68 valence electrons. The molecule has 0 radical (unpaired) electrons. The van der Waals surface area contributed by atoms with E-state index in [2.05, 4.69) is 16.1 Å². The van der Waals surface area contributed by atoms with Crippen LogP contribution < -0.4 is 29.6 Å². The van der Waals surface area contributed by atoms with Crippen molar-refractivity contribution in [3.05, 3.63) is 12.7 Å². The summed E-state index contributed by atoms with van der Waals surface area (Å²) in [4.78, 5) is 31.4. The van der Waals surface area contributed by atoms with Gasteiger partial charge in [-0.15, -0.1) is 0 Å². The minimum atomic E-state index is -0.952. The van der Waals surface area contributed by atoms with Gasteiger partial charge < -0.3 is 10.9 Å². The topological polar surface area (TPSA) is 69.7 Å². The zero-order chi connectivity index (χ0) is 9.56. The van der Waals surface area contributed by atoms with Crippen LogP contribution in [-0.2, 0) is 23.9 Å². The van der Waals surface area contributed by atoms with E-state index in [1.807, 2.05) is 0 Å². The van der Waals surface area contributed by atoms with E-state index in [0.717, 1.165) is 13.2 Å². The van der Waals surface area contributed by atoms with Gasteiger partial charge in [-0.2, -0.15) is 0 Å². The van der Waals surface area contributed by atoms with Crippen LogP contribution >= 0.6 is 0 Å². The molecular weight excluding hydrogens is 187 g/mol. The van der Waals surface area contributed by atoms with E-state index in [1.165, 1.54) is 0 Å². The molecule has 0 saturated carbocycles. The number of esters is 3. The molecule has 0 heterocycles. The first kappa shape index (κ1) is 14.9. The standard InChI is InChI=1S/C7H8O5.Na.H/c1-3-5(8)12-7(10)4-6(9)11-2;;/h3H,1,4H2,2H3;;/q;+1;-1. The Labute approximate surface area is 98.8 Å². The molecule has 13 heavy (non-hydrogen) atoms. The van der Waals surface area contributed by atoms with Crippen LogP contribution in [0.15, 0.2) is 12.7 Å². The largest absolute Gasteiger partial charge is 1.00 e. The average molecular weight is 196 g/mol. The molecule has 0 aromatic rings. The van der Waals surface area contributed by atoms with E-state index in [1.54, 1.807) is 0 Å². The molecule has 0 fully saturated rings. The summed E-state index contributed by atoms with van der Waals surface area (Å²) in [5, 5.41) is 0. The van der Waals surface area contributed by atoms with Crippen molar-refractivity contribution in [1.29, 1.82) is 0 Å². The van der Waals surface area contributed by atoms with Gasteiger partial charge in [-0.25, -0.2) is 4.79 Å². The summed E-state index contributed by atoms with van der Waals surface area (Å²) >= 11 is 0. The summed E-state index contributed by atoms with van der Waals surface area (Å²) in [6.45, 7) is 3.07. The molecule has 0 aromatic heterocycles. The Balaban J connectivity index is -0.000000605. The minimum Gasteiger partial charge on any atom is -1.00 e. The van der Waals surface area contributed by atoms with Gasteiger partial charge in [0.2, 0.25) is 0 Å². The SMILES string of the molecule is C=CC(=O)OC(=O)CC(=O)OC.[H-].[Na+]. The van der Waals surface area contributed by atoms with Gasteiger partial charge in [0.1, 0.15) is 6.42 Å². The number of carbonyl (C=O) groups excluding carboxylic acids is 3. The predicted octanol–water partition coefficient (Wildman–Crippen LogP) is -3.08. The van der Waals surface area contributed by atoms with Crippen molar-refractivity contribution in [2.45, 2.75) is 6.42 Å². The maximum absolute atomic E-state index is 10.6. The molecule has 0 aromatic carbocycles. The van der Waals surface area contributed by atoms with Crippen molar-refractivity contribution in [2.75, 3.05) is 7.11 Å². The summed E-state index contributed by atoms with van der Waals surface area (Å²) in [5.74, 6) is -2.59. The molecule has 0 amide bonds. The smallest absolute Gasteiger partial charge is 1.00 e. The van der Waals surface area contributed by atoms with Crippen LogP contribution in [0, 0.1) is 0 Å². The molecule has 0 N–H and O–H groups in total. The molecular formula is C7H9NaO5. The summed E-state index contributed by atoms with van der Waals surface area (Å²) in [5.41, 5.74) is 0. The molecule has 5 nitrogen and oxygen atoms in total. The fourth-order valence-electron chi connectivity index (χ4n) is 0.380. The molecule has 0 saturated heterocycles. The molecule has 0 unspecified atom stereocenters. The van der Waals surface area contributed by atoms with Crippen LogP contribution in [0.4, 0.5) is 0 Å². The van der Waals surface area contributed by atoms with E-state index >= 15 is 0 Å². The number of hydrogen-bond acceptors (Lipinski definition) is 5. The van der Waals surface area contributed by atoms with Crippen molar-refractivity contribution in [3.63, 3.8) is 0 Å². The maximum Gasteiger partial charge on any atom is 1.00 e. The van der Waals surface area contributed by atoms with Gasteiger partial charge in [0.25, 0.3) is 0 Å². The molecule has 0 rings (SSSR count). The first-order chi connectivity index (χ1) is 5.60. The zero-order valence-electron chi connectivity index (χ0n) is 8.53. The van der Waals surface area contributed by atoms with Crippen LogP contribution in [0.2, 0.25) is 0 Å². The number of ether oxygens (including phenoxy) is 2. The van der Waals surface area contributed by atoms with Crippen molar-refractivity contribution >= 4 is 17.9 Å². The van der Waals surface area contributed by atoms with Crippen molar-refractivity contribution in [1.82, 2.24) is 0 Å². The predicted molar refractivity (Wildman–Crippen MR) is 39.0 cm³/mol. The second kappa shape index (κ2) is 7.97. The first-order valence-corrected chi connectivity index (χ1v) is 3.04. The second-order valence-electron chi connectivity index (χ2n) is 1.75. The van der Waals surface area contributed by atoms with Gasteiger partial charge in [-0.05, 0) is 0 Å². The third-order valence-corrected chi connectivity index (χ3v) is 0.897. The quantitative estimate of drug-likeness (QED) is 0.207. The van der Waals surface area contributed by atoms with E-state index in [0.29, 0.717) is 0 Å². The Morgan fingerprint density at radius 2 is 1.92 bits per heavy atom. The third-order valence-electron chi connectivity index (χ3n) is 0.897. The van der Waals surface area contributed by atoms with Crippen LogP contribution in [0.25, 0.3) is 0 Å². The van der Waals surface area contributed by atoms with Crippen LogP contribution in [0.3, 0.4) is 0 Å². The molecule has 0 spiro atoms. The van der Waals surface area contributed by atoms with Crippen LogP contribution in [0.5, 0.6) is 0 Å². The van der Waals surface area contributed by atoms with Gasteiger partial charge in [0, 0.05) is 6.08 Å². The van der Waals surface area contributed by atoms with E-state index in [9.17, 15) is 14.4 Å². The van der Waals surface area contributed by atoms with Gasteiger partial charge in [-0.3, -0.25) is 9.59 Å². The van der Waals surface area contributed by atoms with Gasteiger partial charge in [-0.1, -0.05) is 6.58 Å². The Kier molecular flexibility index (Phi) is 9.11. The zero-order valence-corrected chi connectivity index (χ0v) is 9.53. The number of rotatable bonds is 3. The molecule has 6 heteroatoms. The fraction of sp³-hybridized carbons (Fsp3) is 0.286. The second-order valence-corrected chi connectivity index (χ2v) is 1.75. The molecule has 0 aliphatic heterocycles. The van der Waals surface area contributed by atoms with E-state index in [4.69, 9.17) is 0 Å². The number of carbonyl (C=O) groups is 3. The summed E-state index contributed by atoms with van der Waals surface area (Å²) in [6.07, 6.45) is 0.255. The monoisotopic (exact) mass is 196 g/mol. The van der Waals surface area contributed by atoms with E-state index < -0.39 is 24.3 Å². The van der Waals surface area contributed by atoms with Crippen molar-refractivity contribution in [3.8, 4) is 0 Å². The Morgan fingerprint density at radius 1 is 1.38 bits per heavy atom. The van der Waals surface area contributed by atoms with Crippen molar-refractivity contribution < 1.29 is 54.8 Å². The van der Waals surface area contributed by atoms with Crippen LogP contribution in [0.1, 0.15) is 7.85 Å². The van der Waals surface area contributed by atoms with Crippen molar-refractivity contribution in [2.24, 2.45) is 0 Å². The average Bonchev–Trinajstić information content (AvgIpc) is 2.03. The van der Waals surface area contributed by atoms with Gasteiger partial charge in [0.15, 0.2) is 0 Å². The fourth-order valence-corrected chi connectivity index (χ4v) is 0.380. The number of methoxy groups -OCH3 is 1. The third kappa shape index (κ3) is 7.70. The number of hydrogen-bond donors (Lipinski definition) is 0. The molecule has 0 bridgehead atoms. The summed E-state index contributed by atoms with van der Waals surface area (Å²) in [7, 11) is 1.13. The first-order valence-electron chi connectivity index (χ1n) is 3.04. The van der Waals surface area contributed by atoms with Gasteiger partial charge >= 0.3 is 47.5 Å². The van der Waals surface area contributed by atoms with Crippen LogP contribution in [-0.4, -0.2) is 25.0 Å². The normalized spacial score (nSPS) is 7.77. The molecule has 0 aliphatic rings. The summed E-state index contributed by atoms with van der Waals surface area (Å²) < 4.78 is 8.23. The molecule has 0 atom stereocenters. The minimum absolute atomic E-state index is 0. The van der Waals surface area contributed by atoms with Gasteiger partial charge in [0.05, 0.1) is 7.11 Å². The van der Waals surface area contributed by atoms with E-state index in [-0.39, 0.29) is 31.0 Å². The summed E-state index contributed by atoms with van der Waals surface area (Å²) in [6, 6.07) is 0. The molecule has 0 aliphatic carbocycles. The Bertz CT molecular complexity index is 228.